The molecule has 4 rings (SSSR count). The molecule has 1 saturated heterocycles. The molecule has 0 spiro atoms. The molecule has 0 saturated carbocycles. The summed E-state index contributed by atoms with van der Waals surface area (Å²) in [5.74, 6) is 1.82. The van der Waals surface area contributed by atoms with E-state index in [1.807, 2.05) is 0 Å². The van der Waals surface area contributed by atoms with Crippen molar-refractivity contribution in [3.63, 3.8) is 0 Å². The van der Waals surface area contributed by atoms with Gasteiger partial charge in [0.15, 0.2) is 0 Å². The SMILES string of the molecule is CC(CN1CCN(C)CC1)Nc1nc(CN(C)C)nc2scc(-c3ccccc3)c12. The molecule has 0 bridgehead atoms. The third kappa shape index (κ3) is 4.98. The van der Waals surface area contributed by atoms with Crippen LogP contribution < -0.4 is 5.32 Å². The zero-order chi connectivity index (χ0) is 21.1. The quantitative estimate of drug-likeness (QED) is 0.627. The van der Waals surface area contributed by atoms with E-state index in [0.29, 0.717) is 6.04 Å². The maximum atomic E-state index is 4.96. The largest absolute Gasteiger partial charge is 0.366 e. The van der Waals surface area contributed by atoms with Gasteiger partial charge in [-0.05, 0) is 33.6 Å². The maximum absolute atomic E-state index is 4.96. The van der Waals surface area contributed by atoms with Crippen molar-refractivity contribution >= 4 is 27.4 Å². The first-order valence-corrected chi connectivity index (χ1v) is 11.5. The van der Waals surface area contributed by atoms with E-state index in [4.69, 9.17) is 9.97 Å². The Labute approximate surface area is 183 Å². The predicted molar refractivity (Wildman–Crippen MR) is 127 cm³/mol. The van der Waals surface area contributed by atoms with E-state index in [1.165, 1.54) is 11.1 Å². The molecule has 1 unspecified atom stereocenters. The Morgan fingerprint density at radius 3 is 2.53 bits per heavy atom. The molecule has 1 N–H and O–H groups in total. The maximum Gasteiger partial charge on any atom is 0.146 e. The van der Waals surface area contributed by atoms with Gasteiger partial charge in [-0.1, -0.05) is 30.3 Å². The normalized spacial score (nSPS) is 17.0. The van der Waals surface area contributed by atoms with E-state index < -0.39 is 0 Å². The molecule has 1 fully saturated rings. The van der Waals surface area contributed by atoms with Gasteiger partial charge in [0.25, 0.3) is 0 Å². The van der Waals surface area contributed by atoms with Gasteiger partial charge in [0.2, 0.25) is 0 Å². The van der Waals surface area contributed by atoms with Gasteiger partial charge in [0, 0.05) is 49.7 Å². The summed E-state index contributed by atoms with van der Waals surface area (Å²) in [6, 6.07) is 10.9. The summed E-state index contributed by atoms with van der Waals surface area (Å²) in [4.78, 5) is 17.9. The highest BCUT2D eigenvalue weighted by atomic mass is 32.1. The van der Waals surface area contributed by atoms with Crippen LogP contribution in [0.1, 0.15) is 12.7 Å². The van der Waals surface area contributed by atoms with Crippen LogP contribution in [0.3, 0.4) is 0 Å². The molecule has 0 amide bonds. The molecule has 6 nitrogen and oxygen atoms in total. The lowest BCUT2D eigenvalue weighted by molar-refractivity contribution is 0.151. The number of fused-ring (bicyclic) bond motifs is 1. The summed E-state index contributed by atoms with van der Waals surface area (Å²) >= 11 is 1.70. The summed E-state index contributed by atoms with van der Waals surface area (Å²) in [6.07, 6.45) is 0. The van der Waals surface area contributed by atoms with Crippen LogP contribution in [-0.2, 0) is 6.54 Å². The van der Waals surface area contributed by atoms with Crippen LogP contribution >= 0.6 is 11.3 Å². The van der Waals surface area contributed by atoms with Crippen molar-refractivity contribution < 1.29 is 0 Å². The van der Waals surface area contributed by atoms with Crippen molar-refractivity contribution in [3.8, 4) is 11.1 Å². The lowest BCUT2D eigenvalue weighted by Crippen LogP contribution is -2.47. The van der Waals surface area contributed by atoms with Crippen LogP contribution in [0.2, 0.25) is 0 Å². The third-order valence-corrected chi connectivity index (χ3v) is 6.41. The van der Waals surface area contributed by atoms with Gasteiger partial charge in [-0.15, -0.1) is 11.3 Å². The van der Waals surface area contributed by atoms with Crippen molar-refractivity contribution in [2.24, 2.45) is 0 Å². The summed E-state index contributed by atoms with van der Waals surface area (Å²) in [6.45, 7) is 8.54. The molecule has 0 radical (unpaired) electrons. The second-order valence-corrected chi connectivity index (χ2v) is 9.43. The zero-order valence-corrected chi connectivity index (χ0v) is 19.2. The molecule has 1 aliphatic heterocycles. The lowest BCUT2D eigenvalue weighted by atomic mass is 10.1. The van der Waals surface area contributed by atoms with E-state index in [-0.39, 0.29) is 0 Å². The van der Waals surface area contributed by atoms with Gasteiger partial charge in [-0.3, -0.25) is 4.90 Å². The fraction of sp³-hybridized carbons (Fsp3) is 0.478. The van der Waals surface area contributed by atoms with Crippen LogP contribution in [0, 0.1) is 0 Å². The zero-order valence-electron chi connectivity index (χ0n) is 18.4. The molecule has 2 aromatic heterocycles. The fourth-order valence-corrected chi connectivity index (χ4v) is 4.94. The highest BCUT2D eigenvalue weighted by Gasteiger charge is 2.20. The Hall–Kier alpha value is -2.06. The number of piperazine rings is 1. The predicted octanol–water partition coefficient (Wildman–Crippen LogP) is 3.47. The fourth-order valence-electron chi connectivity index (χ4n) is 3.97. The second-order valence-electron chi connectivity index (χ2n) is 8.57. The number of nitrogens with zero attached hydrogens (tertiary/aromatic N) is 5. The molecular formula is C23H32N6S. The smallest absolute Gasteiger partial charge is 0.146 e. The minimum absolute atomic E-state index is 0.308. The first kappa shape index (κ1) is 21.2. The van der Waals surface area contributed by atoms with Crippen molar-refractivity contribution in [1.82, 2.24) is 24.7 Å². The number of anilines is 1. The van der Waals surface area contributed by atoms with Crippen LogP contribution in [0.5, 0.6) is 0 Å². The first-order chi connectivity index (χ1) is 14.5. The first-order valence-electron chi connectivity index (χ1n) is 10.7. The van der Waals surface area contributed by atoms with E-state index in [0.717, 1.165) is 61.1 Å². The number of thiophene rings is 1. The van der Waals surface area contributed by atoms with E-state index in [9.17, 15) is 0 Å². The topological polar surface area (TPSA) is 47.5 Å². The number of benzene rings is 1. The Morgan fingerprint density at radius 1 is 1.10 bits per heavy atom. The minimum Gasteiger partial charge on any atom is -0.366 e. The molecule has 30 heavy (non-hydrogen) atoms. The van der Waals surface area contributed by atoms with E-state index >= 15 is 0 Å². The average molecular weight is 425 g/mol. The van der Waals surface area contributed by atoms with Crippen molar-refractivity contribution in [3.05, 3.63) is 41.5 Å². The van der Waals surface area contributed by atoms with Gasteiger partial charge in [-0.25, -0.2) is 9.97 Å². The summed E-state index contributed by atoms with van der Waals surface area (Å²) in [5.41, 5.74) is 2.42. The standard InChI is InChI=1S/C23H32N6S/c1-17(14-29-12-10-28(4)11-13-29)24-22-21-19(18-8-6-5-7-9-18)16-30-23(21)26-20(25-22)15-27(2)3/h5-9,16-17H,10-15H2,1-4H3,(H,24,25,26). The molecule has 7 heteroatoms. The second kappa shape index (κ2) is 9.39. The van der Waals surface area contributed by atoms with Gasteiger partial charge in [-0.2, -0.15) is 0 Å². The van der Waals surface area contributed by atoms with E-state index in [2.05, 4.69) is 83.8 Å². The van der Waals surface area contributed by atoms with Crippen LogP contribution in [0.15, 0.2) is 35.7 Å². The summed E-state index contributed by atoms with van der Waals surface area (Å²) in [5, 5.41) is 7.09. The number of hydrogen-bond donors (Lipinski definition) is 1. The summed E-state index contributed by atoms with van der Waals surface area (Å²) in [7, 11) is 6.31. The van der Waals surface area contributed by atoms with Gasteiger partial charge in [0.1, 0.15) is 16.5 Å². The van der Waals surface area contributed by atoms with Crippen LogP contribution in [0.25, 0.3) is 21.3 Å². The van der Waals surface area contributed by atoms with Crippen molar-refractivity contribution in [2.45, 2.75) is 19.5 Å². The number of rotatable bonds is 7. The van der Waals surface area contributed by atoms with Gasteiger partial charge >= 0.3 is 0 Å². The number of hydrogen-bond acceptors (Lipinski definition) is 7. The van der Waals surface area contributed by atoms with Crippen molar-refractivity contribution in [1.29, 1.82) is 0 Å². The number of aromatic nitrogens is 2. The van der Waals surface area contributed by atoms with Gasteiger partial charge < -0.3 is 15.1 Å². The Balaban J connectivity index is 1.64. The van der Waals surface area contributed by atoms with E-state index in [1.54, 1.807) is 11.3 Å². The highest BCUT2D eigenvalue weighted by Crippen LogP contribution is 2.37. The highest BCUT2D eigenvalue weighted by molar-refractivity contribution is 7.17. The third-order valence-electron chi connectivity index (χ3n) is 5.53. The Kier molecular flexibility index (Phi) is 6.63. The lowest BCUT2D eigenvalue weighted by Gasteiger charge is -2.34. The van der Waals surface area contributed by atoms with Crippen LogP contribution in [-0.4, -0.2) is 84.6 Å². The Bertz CT molecular complexity index is 962. The molecule has 160 valence electrons. The monoisotopic (exact) mass is 424 g/mol. The molecule has 3 aromatic rings. The van der Waals surface area contributed by atoms with Crippen molar-refractivity contribution in [2.75, 3.05) is 59.2 Å². The molecule has 1 aliphatic rings. The minimum atomic E-state index is 0.308. The molecular weight excluding hydrogens is 392 g/mol. The Morgan fingerprint density at radius 2 is 1.83 bits per heavy atom. The molecule has 1 aromatic carbocycles. The van der Waals surface area contributed by atoms with Gasteiger partial charge in [0.05, 0.1) is 11.9 Å². The molecule has 1 atom stereocenters. The molecule has 0 aliphatic carbocycles. The average Bonchev–Trinajstić information content (AvgIpc) is 3.14. The van der Waals surface area contributed by atoms with Crippen LogP contribution in [0.4, 0.5) is 5.82 Å². The molecule has 3 heterocycles. The number of nitrogens with one attached hydrogen (secondary N) is 1. The summed E-state index contributed by atoms with van der Waals surface area (Å²) < 4.78 is 0. The number of likely N-dealkylation sites (N-methyl/N-ethyl adjacent to an activating group) is 1.